The lowest BCUT2D eigenvalue weighted by atomic mass is 9.83. The average Bonchev–Trinajstić information content (AvgIpc) is 2.55. The topological polar surface area (TPSA) is 47.6 Å². The first kappa shape index (κ1) is 18.1. The lowest BCUT2D eigenvalue weighted by molar-refractivity contribution is -0.145. The highest BCUT2D eigenvalue weighted by Gasteiger charge is 2.40. The molecule has 0 bridgehead atoms. The zero-order chi connectivity index (χ0) is 16.7. The van der Waals surface area contributed by atoms with E-state index in [1.165, 1.54) is 0 Å². The summed E-state index contributed by atoms with van der Waals surface area (Å²) in [4.78, 5) is 12.7. The molecule has 23 heavy (non-hydrogen) atoms. The van der Waals surface area contributed by atoms with Crippen molar-refractivity contribution in [3.8, 4) is 5.75 Å². The van der Waals surface area contributed by atoms with Crippen molar-refractivity contribution in [3.63, 3.8) is 0 Å². The van der Waals surface area contributed by atoms with Gasteiger partial charge in [0, 0.05) is 12.3 Å². The lowest BCUT2D eigenvalue weighted by Crippen LogP contribution is -2.47. The van der Waals surface area contributed by atoms with Crippen LogP contribution in [0, 0.1) is 0 Å². The normalized spacial score (nSPS) is 16.8. The predicted octanol–water partition coefficient (Wildman–Crippen LogP) is 4.81. The van der Waals surface area contributed by atoms with Gasteiger partial charge in [-0.3, -0.25) is 4.79 Å². The molecule has 1 amide bonds. The third-order valence-electron chi connectivity index (χ3n) is 4.15. The summed E-state index contributed by atoms with van der Waals surface area (Å²) < 4.78 is 11.4. The molecule has 0 radical (unpaired) electrons. The molecule has 0 heterocycles. The summed E-state index contributed by atoms with van der Waals surface area (Å²) in [6.45, 7) is 5.14. The zero-order valence-corrected chi connectivity index (χ0v) is 14.7. The number of hydrogen-bond acceptors (Lipinski definition) is 3. The highest BCUT2D eigenvalue weighted by Crippen LogP contribution is 2.34. The number of ether oxygens (including phenoxy) is 2. The Morgan fingerprint density at radius 1 is 1.26 bits per heavy atom. The second-order valence-electron chi connectivity index (χ2n) is 5.94. The molecule has 1 aliphatic carbocycles. The molecule has 1 saturated carbocycles. The van der Waals surface area contributed by atoms with Crippen LogP contribution in [0.15, 0.2) is 18.2 Å². The first-order valence-electron chi connectivity index (χ1n) is 8.49. The SMILES string of the molecule is CCCOc1ccc(NC(=O)C2(OCC)CCCCC2)cc1Cl. The van der Waals surface area contributed by atoms with Crippen LogP contribution in [-0.2, 0) is 9.53 Å². The minimum atomic E-state index is -0.698. The maximum atomic E-state index is 12.7. The molecule has 1 aromatic carbocycles. The third kappa shape index (κ3) is 4.61. The molecule has 1 aliphatic rings. The van der Waals surface area contributed by atoms with Crippen LogP contribution in [0.1, 0.15) is 52.4 Å². The van der Waals surface area contributed by atoms with Crippen LogP contribution < -0.4 is 10.1 Å². The Labute approximate surface area is 143 Å². The van der Waals surface area contributed by atoms with Gasteiger partial charge < -0.3 is 14.8 Å². The predicted molar refractivity (Wildman–Crippen MR) is 93.3 cm³/mol. The van der Waals surface area contributed by atoms with Gasteiger partial charge in [-0.2, -0.15) is 0 Å². The number of nitrogens with one attached hydrogen (secondary N) is 1. The van der Waals surface area contributed by atoms with Gasteiger partial charge in [-0.15, -0.1) is 0 Å². The van der Waals surface area contributed by atoms with E-state index in [1.54, 1.807) is 12.1 Å². The first-order valence-corrected chi connectivity index (χ1v) is 8.87. The smallest absolute Gasteiger partial charge is 0.256 e. The van der Waals surface area contributed by atoms with Crippen molar-refractivity contribution in [1.82, 2.24) is 0 Å². The number of carbonyl (C=O) groups excluding carboxylic acids is 1. The van der Waals surface area contributed by atoms with Crippen LogP contribution in [0.5, 0.6) is 5.75 Å². The van der Waals surface area contributed by atoms with Gasteiger partial charge in [-0.1, -0.05) is 37.8 Å². The Morgan fingerprint density at radius 3 is 2.61 bits per heavy atom. The highest BCUT2D eigenvalue weighted by molar-refractivity contribution is 6.32. The molecule has 0 atom stereocenters. The molecule has 0 aromatic heterocycles. The molecular formula is C18H26ClNO3. The average molecular weight is 340 g/mol. The van der Waals surface area contributed by atoms with E-state index in [2.05, 4.69) is 5.32 Å². The Balaban J connectivity index is 2.07. The van der Waals surface area contributed by atoms with Crippen LogP contribution in [0.25, 0.3) is 0 Å². The van der Waals surface area contributed by atoms with Crippen LogP contribution >= 0.6 is 11.6 Å². The fraction of sp³-hybridized carbons (Fsp3) is 0.611. The fourth-order valence-corrected chi connectivity index (χ4v) is 3.22. The number of amides is 1. The monoisotopic (exact) mass is 339 g/mol. The summed E-state index contributed by atoms with van der Waals surface area (Å²) in [5.41, 5.74) is -0.0230. The molecule has 5 heteroatoms. The van der Waals surface area contributed by atoms with E-state index >= 15 is 0 Å². The molecule has 0 spiro atoms. The Hall–Kier alpha value is -1.26. The summed E-state index contributed by atoms with van der Waals surface area (Å²) in [7, 11) is 0. The van der Waals surface area contributed by atoms with Crippen molar-refractivity contribution >= 4 is 23.2 Å². The van der Waals surface area contributed by atoms with Gasteiger partial charge in [0.2, 0.25) is 0 Å². The standard InChI is InChI=1S/C18H26ClNO3/c1-3-12-22-16-9-8-14(13-15(16)19)20-17(21)18(23-4-2)10-6-5-7-11-18/h8-9,13H,3-7,10-12H2,1-2H3,(H,20,21). The molecule has 0 aliphatic heterocycles. The van der Waals surface area contributed by atoms with Crippen molar-refractivity contribution in [1.29, 1.82) is 0 Å². The molecule has 128 valence electrons. The number of benzene rings is 1. The van der Waals surface area contributed by atoms with Gasteiger partial charge in [-0.05, 0) is 44.4 Å². The molecule has 1 fully saturated rings. The largest absolute Gasteiger partial charge is 0.492 e. The zero-order valence-electron chi connectivity index (χ0n) is 14.0. The summed E-state index contributed by atoms with van der Waals surface area (Å²) in [5.74, 6) is 0.570. The minimum Gasteiger partial charge on any atom is -0.492 e. The molecular weight excluding hydrogens is 314 g/mol. The summed E-state index contributed by atoms with van der Waals surface area (Å²) >= 11 is 6.22. The van der Waals surface area contributed by atoms with E-state index in [0.717, 1.165) is 38.5 Å². The quantitative estimate of drug-likeness (QED) is 0.775. The number of carbonyl (C=O) groups is 1. The lowest BCUT2D eigenvalue weighted by Gasteiger charge is -2.35. The second-order valence-corrected chi connectivity index (χ2v) is 6.34. The summed E-state index contributed by atoms with van der Waals surface area (Å²) in [5, 5.41) is 3.46. The second kappa shape index (κ2) is 8.55. The van der Waals surface area contributed by atoms with Crippen LogP contribution in [0.2, 0.25) is 5.02 Å². The van der Waals surface area contributed by atoms with Gasteiger partial charge in [-0.25, -0.2) is 0 Å². The number of halogens is 1. The first-order chi connectivity index (χ1) is 11.1. The Morgan fingerprint density at radius 2 is 2.00 bits per heavy atom. The van der Waals surface area contributed by atoms with Gasteiger partial charge in [0.15, 0.2) is 0 Å². The maximum Gasteiger partial charge on any atom is 0.256 e. The molecule has 2 rings (SSSR count). The van der Waals surface area contributed by atoms with Gasteiger partial charge >= 0.3 is 0 Å². The van der Waals surface area contributed by atoms with Crippen molar-refractivity contribution in [2.24, 2.45) is 0 Å². The number of anilines is 1. The van der Waals surface area contributed by atoms with E-state index < -0.39 is 5.60 Å². The Kier molecular flexibility index (Phi) is 6.72. The third-order valence-corrected chi connectivity index (χ3v) is 4.44. The number of rotatable bonds is 7. The Bertz CT molecular complexity index is 521. The van der Waals surface area contributed by atoms with Crippen molar-refractivity contribution < 1.29 is 14.3 Å². The minimum absolute atomic E-state index is 0.0719. The number of hydrogen-bond donors (Lipinski definition) is 1. The van der Waals surface area contributed by atoms with E-state index in [0.29, 0.717) is 29.7 Å². The molecule has 4 nitrogen and oxygen atoms in total. The maximum absolute atomic E-state index is 12.7. The van der Waals surface area contributed by atoms with Crippen LogP contribution in [0.3, 0.4) is 0 Å². The summed E-state index contributed by atoms with van der Waals surface area (Å²) in [6, 6.07) is 5.34. The van der Waals surface area contributed by atoms with E-state index in [4.69, 9.17) is 21.1 Å². The molecule has 1 aromatic rings. The van der Waals surface area contributed by atoms with E-state index in [1.807, 2.05) is 19.9 Å². The van der Waals surface area contributed by atoms with Crippen LogP contribution in [-0.4, -0.2) is 24.7 Å². The summed E-state index contributed by atoms with van der Waals surface area (Å²) in [6.07, 6.45) is 5.69. The molecule has 0 unspecified atom stereocenters. The van der Waals surface area contributed by atoms with Gasteiger partial charge in [0.1, 0.15) is 11.4 Å². The molecule has 1 N–H and O–H groups in total. The van der Waals surface area contributed by atoms with Crippen LogP contribution in [0.4, 0.5) is 5.69 Å². The van der Waals surface area contributed by atoms with Crippen molar-refractivity contribution in [2.75, 3.05) is 18.5 Å². The fourth-order valence-electron chi connectivity index (χ4n) is 2.99. The van der Waals surface area contributed by atoms with Gasteiger partial charge in [0.25, 0.3) is 5.91 Å². The highest BCUT2D eigenvalue weighted by atomic mass is 35.5. The van der Waals surface area contributed by atoms with Crippen molar-refractivity contribution in [3.05, 3.63) is 23.2 Å². The van der Waals surface area contributed by atoms with E-state index in [-0.39, 0.29) is 5.91 Å². The van der Waals surface area contributed by atoms with Crippen molar-refractivity contribution in [2.45, 2.75) is 58.0 Å². The molecule has 0 saturated heterocycles. The van der Waals surface area contributed by atoms with Gasteiger partial charge in [0.05, 0.1) is 11.6 Å². The van der Waals surface area contributed by atoms with E-state index in [9.17, 15) is 4.79 Å².